The number of methoxy groups -OCH3 is 2. The molecule has 12 nitrogen and oxygen atoms in total. The van der Waals surface area contributed by atoms with E-state index in [0.717, 1.165) is 30.9 Å². The maximum absolute atomic E-state index is 12.4. The van der Waals surface area contributed by atoms with Crippen molar-refractivity contribution in [2.24, 2.45) is 5.92 Å². The van der Waals surface area contributed by atoms with E-state index in [-0.39, 0.29) is 24.4 Å². The summed E-state index contributed by atoms with van der Waals surface area (Å²) < 4.78 is 29.7. The van der Waals surface area contributed by atoms with Crippen LogP contribution in [0.4, 0.5) is 0 Å². The summed E-state index contributed by atoms with van der Waals surface area (Å²) in [7, 11) is 2.06. The Labute approximate surface area is 267 Å². The predicted octanol–water partition coefficient (Wildman–Crippen LogP) is 4.25. The van der Waals surface area contributed by atoms with Crippen LogP contribution in [0.3, 0.4) is 0 Å². The second-order valence-electron chi connectivity index (χ2n) is 10.3. The highest BCUT2D eigenvalue weighted by Crippen LogP contribution is 2.32. The Kier molecular flexibility index (Phi) is 14.4. The Morgan fingerprint density at radius 3 is 1.50 bits per heavy atom. The van der Waals surface area contributed by atoms with Gasteiger partial charge in [-0.15, -0.1) is 0 Å². The van der Waals surface area contributed by atoms with Crippen molar-refractivity contribution in [3.63, 3.8) is 0 Å². The molecule has 0 unspecified atom stereocenters. The van der Waals surface area contributed by atoms with Crippen LogP contribution >= 0.6 is 0 Å². The zero-order valence-corrected chi connectivity index (χ0v) is 26.6. The molecule has 0 bridgehead atoms. The topological polar surface area (TPSA) is 158 Å². The van der Waals surface area contributed by atoms with E-state index in [0.29, 0.717) is 42.7 Å². The van der Waals surface area contributed by atoms with Crippen molar-refractivity contribution in [2.75, 3.05) is 27.4 Å². The molecule has 2 aromatic carbocycles. The predicted molar refractivity (Wildman–Crippen MR) is 165 cm³/mol. The van der Waals surface area contributed by atoms with Crippen LogP contribution in [0.1, 0.15) is 44.7 Å². The fraction of sp³-hybridized carbons (Fsp3) is 0.353. The van der Waals surface area contributed by atoms with Crippen LogP contribution in [0.15, 0.2) is 60.7 Å². The fourth-order valence-corrected chi connectivity index (χ4v) is 4.03. The Bertz CT molecular complexity index is 1470. The first-order valence-corrected chi connectivity index (χ1v) is 14.3. The maximum atomic E-state index is 12.4. The van der Waals surface area contributed by atoms with Gasteiger partial charge in [0.05, 0.1) is 27.4 Å². The molecule has 0 fully saturated rings. The van der Waals surface area contributed by atoms with Crippen LogP contribution in [0.5, 0.6) is 11.5 Å². The lowest BCUT2D eigenvalue weighted by molar-refractivity contribution is -0.169. The van der Waals surface area contributed by atoms with Gasteiger partial charge in [0, 0.05) is 17.1 Å². The monoisotopic (exact) mass is 638 g/mol. The van der Waals surface area contributed by atoms with Crippen molar-refractivity contribution in [2.45, 2.75) is 46.5 Å². The summed E-state index contributed by atoms with van der Waals surface area (Å²) in [6.07, 6.45) is 1.70. The summed E-state index contributed by atoms with van der Waals surface area (Å²) in [5.41, 5.74) is 3.59. The summed E-state index contributed by atoms with van der Waals surface area (Å²) in [5, 5.41) is 0. The van der Waals surface area contributed by atoms with Gasteiger partial charge in [0.2, 0.25) is 0 Å². The summed E-state index contributed by atoms with van der Waals surface area (Å²) in [6, 6.07) is 10.7. The number of ether oxygens (including phenoxy) is 6. The second kappa shape index (κ2) is 17.9. The molecule has 246 valence electrons. The van der Waals surface area contributed by atoms with Crippen LogP contribution in [-0.4, -0.2) is 63.2 Å². The van der Waals surface area contributed by atoms with E-state index in [4.69, 9.17) is 18.9 Å². The Morgan fingerprint density at radius 1 is 0.652 bits per heavy atom. The molecule has 2 aromatic rings. The highest BCUT2D eigenvalue weighted by Gasteiger charge is 2.23. The lowest BCUT2D eigenvalue weighted by Gasteiger charge is -2.18. The van der Waals surface area contributed by atoms with Gasteiger partial charge < -0.3 is 28.4 Å². The third-order valence-electron chi connectivity index (χ3n) is 6.60. The summed E-state index contributed by atoms with van der Waals surface area (Å²) in [6.45, 7) is 11.7. The Hall–Kier alpha value is -5.26. The van der Waals surface area contributed by atoms with Crippen molar-refractivity contribution in [1.29, 1.82) is 0 Å². The molecule has 0 aliphatic rings. The molecule has 0 saturated heterocycles. The maximum Gasteiger partial charge on any atom is 0.417 e. The number of benzene rings is 2. The zero-order chi connectivity index (χ0) is 34.4. The van der Waals surface area contributed by atoms with Gasteiger partial charge in [0.25, 0.3) is 0 Å². The Morgan fingerprint density at radius 2 is 1.09 bits per heavy atom. The molecule has 0 aliphatic heterocycles. The standard InChI is InChI=1S/C34H38O12/c1-8-23-16-24(12-14-27(23)45-29(35)20(2)3)25-13-15-28(46-30(36)21(4)5)26(17-25)11-9-10-22(18-43-33(39)31(37)41-6)19-44-34(40)32(38)42-7/h12-17,22H,2,4,8-11,18-19H2,1,3,5-7H3. The number of aryl methyl sites for hydroxylation is 2. The molecule has 0 atom stereocenters. The van der Waals surface area contributed by atoms with Crippen molar-refractivity contribution in [3.8, 4) is 22.6 Å². The van der Waals surface area contributed by atoms with E-state index >= 15 is 0 Å². The molecule has 0 N–H and O–H groups in total. The molecule has 0 aliphatic carbocycles. The third kappa shape index (κ3) is 11.0. The summed E-state index contributed by atoms with van der Waals surface area (Å²) in [4.78, 5) is 71.0. The molecule has 12 heteroatoms. The van der Waals surface area contributed by atoms with E-state index in [1.165, 1.54) is 6.92 Å². The molecular weight excluding hydrogens is 600 g/mol. The molecular formula is C34H38O12. The lowest BCUT2D eigenvalue weighted by Crippen LogP contribution is -2.27. The van der Waals surface area contributed by atoms with Gasteiger partial charge in [0.1, 0.15) is 11.5 Å². The largest absolute Gasteiger partial charge is 0.461 e. The van der Waals surface area contributed by atoms with Gasteiger partial charge in [-0.25, -0.2) is 28.8 Å². The zero-order valence-electron chi connectivity index (χ0n) is 26.6. The average molecular weight is 639 g/mol. The van der Waals surface area contributed by atoms with E-state index < -0.39 is 41.7 Å². The number of carbonyl (C=O) groups excluding carboxylic acids is 6. The molecule has 0 radical (unpaired) electrons. The van der Waals surface area contributed by atoms with Crippen LogP contribution in [0, 0.1) is 5.92 Å². The first-order valence-electron chi connectivity index (χ1n) is 14.3. The van der Waals surface area contributed by atoms with Crippen LogP contribution in [0.2, 0.25) is 0 Å². The number of carbonyl (C=O) groups is 6. The number of rotatable bonds is 14. The number of hydrogen-bond acceptors (Lipinski definition) is 12. The quantitative estimate of drug-likeness (QED) is 0.0954. The molecule has 0 saturated carbocycles. The lowest BCUT2D eigenvalue weighted by atomic mass is 9.95. The SMILES string of the molecule is C=C(C)C(=O)Oc1ccc(-c2ccc(OC(=O)C(=C)C)c(CCCC(COC(=O)C(=O)OC)COC(=O)C(=O)OC)c2)cc1CC. The fourth-order valence-electron chi connectivity index (χ4n) is 4.03. The van der Waals surface area contributed by atoms with E-state index in [1.807, 2.05) is 19.1 Å². The van der Waals surface area contributed by atoms with E-state index in [1.54, 1.807) is 31.2 Å². The van der Waals surface area contributed by atoms with Gasteiger partial charge in [-0.2, -0.15) is 0 Å². The highest BCUT2D eigenvalue weighted by atomic mass is 16.6. The molecule has 0 amide bonds. The van der Waals surface area contributed by atoms with Gasteiger partial charge in [0.15, 0.2) is 0 Å². The number of esters is 6. The van der Waals surface area contributed by atoms with Crippen molar-refractivity contribution < 1.29 is 57.2 Å². The van der Waals surface area contributed by atoms with Crippen LogP contribution in [0.25, 0.3) is 11.1 Å². The first-order chi connectivity index (χ1) is 21.8. The summed E-state index contributed by atoms with van der Waals surface area (Å²) >= 11 is 0. The van der Waals surface area contributed by atoms with Gasteiger partial charge in [-0.05, 0) is 86.1 Å². The molecule has 0 aromatic heterocycles. The van der Waals surface area contributed by atoms with E-state index in [9.17, 15) is 28.8 Å². The molecule has 46 heavy (non-hydrogen) atoms. The molecule has 0 spiro atoms. The van der Waals surface area contributed by atoms with Crippen molar-refractivity contribution >= 4 is 35.8 Å². The van der Waals surface area contributed by atoms with Gasteiger partial charge >= 0.3 is 35.8 Å². The molecule has 2 rings (SSSR count). The van der Waals surface area contributed by atoms with Crippen molar-refractivity contribution in [3.05, 3.63) is 71.8 Å². The average Bonchev–Trinajstić information content (AvgIpc) is 3.04. The van der Waals surface area contributed by atoms with E-state index in [2.05, 4.69) is 22.6 Å². The minimum atomic E-state index is -1.22. The summed E-state index contributed by atoms with van der Waals surface area (Å²) in [5.74, 6) is -5.82. The first kappa shape index (κ1) is 36.9. The van der Waals surface area contributed by atoms with Crippen LogP contribution in [-0.2, 0) is 60.6 Å². The van der Waals surface area contributed by atoms with Gasteiger partial charge in [-0.1, -0.05) is 32.2 Å². The van der Waals surface area contributed by atoms with Crippen molar-refractivity contribution in [1.82, 2.24) is 0 Å². The molecule has 0 heterocycles. The normalized spacial score (nSPS) is 10.4. The highest BCUT2D eigenvalue weighted by molar-refractivity contribution is 6.30. The Balaban J connectivity index is 2.33. The van der Waals surface area contributed by atoms with Gasteiger partial charge in [-0.3, -0.25) is 0 Å². The van der Waals surface area contributed by atoms with Crippen LogP contribution < -0.4 is 9.47 Å². The number of hydrogen-bond donors (Lipinski definition) is 0. The minimum Gasteiger partial charge on any atom is -0.461 e. The minimum absolute atomic E-state index is 0.211. The third-order valence-corrected chi connectivity index (χ3v) is 6.60. The smallest absolute Gasteiger partial charge is 0.417 e. The second-order valence-corrected chi connectivity index (χ2v) is 10.3.